The Kier molecular flexibility index (Phi) is 2.20. The molecule has 0 spiro atoms. The molecule has 0 amide bonds. The summed E-state index contributed by atoms with van der Waals surface area (Å²) in [6.45, 7) is 2.28. The average Bonchev–Trinajstić information content (AvgIpc) is 2.53. The fourth-order valence-electron chi connectivity index (χ4n) is 2.34. The normalized spacial score (nSPS) is 22.2. The summed E-state index contributed by atoms with van der Waals surface area (Å²) in [5.74, 6) is 0.852. The molecule has 1 unspecified atom stereocenters. The first-order chi connectivity index (χ1) is 5.92. The lowest BCUT2D eigenvalue weighted by molar-refractivity contribution is 0.513. The van der Waals surface area contributed by atoms with Gasteiger partial charge < -0.3 is 4.98 Å². The lowest BCUT2D eigenvalue weighted by Crippen LogP contribution is -2.07. The molecule has 66 valence electrons. The van der Waals surface area contributed by atoms with Gasteiger partial charge in [0.1, 0.15) is 0 Å². The summed E-state index contributed by atoms with van der Waals surface area (Å²) in [6.07, 6.45) is 8.82. The van der Waals surface area contributed by atoms with Crippen molar-refractivity contribution in [3.63, 3.8) is 0 Å². The lowest BCUT2D eigenvalue weighted by atomic mass is 9.84. The number of aromatic amines is 1. The molecule has 1 atom stereocenters. The van der Waals surface area contributed by atoms with E-state index in [0.717, 1.165) is 5.92 Å². The summed E-state index contributed by atoms with van der Waals surface area (Å²) in [7, 11) is 0. The van der Waals surface area contributed by atoms with Crippen molar-refractivity contribution in [2.45, 2.75) is 44.9 Å². The van der Waals surface area contributed by atoms with Gasteiger partial charge in [-0.05, 0) is 43.2 Å². The fourth-order valence-corrected chi connectivity index (χ4v) is 2.34. The monoisotopic (exact) mass is 163 g/mol. The highest BCUT2D eigenvalue weighted by molar-refractivity contribution is 5.27. The molecule has 1 aromatic heterocycles. The van der Waals surface area contributed by atoms with E-state index in [9.17, 15) is 0 Å². The van der Waals surface area contributed by atoms with Gasteiger partial charge >= 0.3 is 0 Å². The van der Waals surface area contributed by atoms with Crippen molar-refractivity contribution in [2.75, 3.05) is 0 Å². The van der Waals surface area contributed by atoms with Crippen molar-refractivity contribution in [1.29, 1.82) is 0 Å². The summed E-state index contributed by atoms with van der Waals surface area (Å²) in [5.41, 5.74) is 3.10. The van der Waals surface area contributed by atoms with Gasteiger partial charge in [0.15, 0.2) is 0 Å². The number of fused-ring (bicyclic) bond motifs is 1. The van der Waals surface area contributed by atoms with Crippen molar-refractivity contribution in [2.24, 2.45) is 0 Å². The van der Waals surface area contributed by atoms with Crippen LogP contribution >= 0.6 is 0 Å². The van der Waals surface area contributed by atoms with E-state index in [1.54, 1.807) is 5.56 Å². The zero-order valence-corrected chi connectivity index (χ0v) is 7.77. The van der Waals surface area contributed by atoms with Crippen LogP contribution in [-0.2, 0) is 6.42 Å². The summed E-state index contributed by atoms with van der Waals surface area (Å²) in [4.78, 5) is 3.35. The smallest absolute Gasteiger partial charge is 0.0182 e. The third kappa shape index (κ3) is 1.28. The van der Waals surface area contributed by atoms with Gasteiger partial charge in [-0.2, -0.15) is 0 Å². The molecule has 0 aromatic carbocycles. The quantitative estimate of drug-likeness (QED) is 0.689. The van der Waals surface area contributed by atoms with Gasteiger partial charge in [0, 0.05) is 11.9 Å². The molecular weight excluding hydrogens is 146 g/mol. The maximum absolute atomic E-state index is 3.35. The molecule has 0 bridgehead atoms. The molecule has 1 nitrogen and oxygen atoms in total. The molecule has 1 aliphatic carbocycles. The molecular formula is C11H17N. The summed E-state index contributed by atoms with van der Waals surface area (Å²) >= 11 is 0. The van der Waals surface area contributed by atoms with Crippen LogP contribution in [0.2, 0.25) is 0 Å². The first-order valence-electron chi connectivity index (χ1n) is 5.08. The van der Waals surface area contributed by atoms with E-state index in [1.165, 1.54) is 37.8 Å². The van der Waals surface area contributed by atoms with Gasteiger partial charge in [-0.25, -0.2) is 0 Å². The zero-order chi connectivity index (χ0) is 8.39. The van der Waals surface area contributed by atoms with Gasteiger partial charge in [0.25, 0.3) is 0 Å². The first kappa shape index (κ1) is 7.90. The molecule has 1 heterocycles. The van der Waals surface area contributed by atoms with Crippen molar-refractivity contribution >= 4 is 0 Å². The van der Waals surface area contributed by atoms with E-state index >= 15 is 0 Å². The molecule has 1 N–H and O–H groups in total. The van der Waals surface area contributed by atoms with Gasteiger partial charge in [0.2, 0.25) is 0 Å². The average molecular weight is 163 g/mol. The van der Waals surface area contributed by atoms with E-state index in [-0.39, 0.29) is 0 Å². The van der Waals surface area contributed by atoms with Crippen LogP contribution in [0.15, 0.2) is 12.3 Å². The Morgan fingerprint density at radius 3 is 3.33 bits per heavy atom. The Balaban J connectivity index is 2.19. The molecule has 0 saturated heterocycles. The van der Waals surface area contributed by atoms with E-state index in [1.807, 2.05) is 0 Å². The molecule has 1 aromatic rings. The molecule has 0 saturated carbocycles. The second-order valence-corrected chi connectivity index (χ2v) is 3.79. The van der Waals surface area contributed by atoms with Crippen LogP contribution < -0.4 is 0 Å². The Morgan fingerprint density at radius 1 is 1.58 bits per heavy atom. The van der Waals surface area contributed by atoms with E-state index in [0.29, 0.717) is 0 Å². The highest BCUT2D eigenvalue weighted by Gasteiger charge is 2.19. The third-order valence-corrected chi connectivity index (χ3v) is 2.93. The lowest BCUT2D eigenvalue weighted by Gasteiger charge is -2.21. The number of rotatable bonds is 2. The summed E-state index contributed by atoms with van der Waals surface area (Å²) in [6, 6.07) is 2.27. The van der Waals surface area contributed by atoms with Gasteiger partial charge in [0.05, 0.1) is 0 Å². The Morgan fingerprint density at radius 2 is 2.50 bits per heavy atom. The van der Waals surface area contributed by atoms with Crippen molar-refractivity contribution in [1.82, 2.24) is 4.98 Å². The van der Waals surface area contributed by atoms with Crippen molar-refractivity contribution < 1.29 is 0 Å². The molecule has 0 radical (unpaired) electrons. The van der Waals surface area contributed by atoms with E-state index in [4.69, 9.17) is 0 Å². The predicted molar refractivity (Wildman–Crippen MR) is 51.4 cm³/mol. The van der Waals surface area contributed by atoms with Crippen molar-refractivity contribution in [3.05, 3.63) is 23.5 Å². The van der Waals surface area contributed by atoms with E-state index < -0.39 is 0 Å². The summed E-state index contributed by atoms with van der Waals surface area (Å²) in [5, 5.41) is 0. The van der Waals surface area contributed by atoms with Crippen LogP contribution in [0.5, 0.6) is 0 Å². The highest BCUT2D eigenvalue weighted by atomic mass is 14.7. The molecule has 1 aliphatic rings. The number of aromatic nitrogens is 1. The number of hydrogen-bond donors (Lipinski definition) is 1. The fraction of sp³-hybridized carbons (Fsp3) is 0.636. The highest BCUT2D eigenvalue weighted by Crippen LogP contribution is 2.33. The topological polar surface area (TPSA) is 15.8 Å². The van der Waals surface area contributed by atoms with Gasteiger partial charge in [-0.1, -0.05) is 13.3 Å². The maximum atomic E-state index is 3.35. The molecule has 1 heteroatoms. The molecule has 0 aliphatic heterocycles. The molecule has 12 heavy (non-hydrogen) atoms. The number of aryl methyl sites for hydroxylation is 1. The second-order valence-electron chi connectivity index (χ2n) is 3.79. The number of hydrogen-bond acceptors (Lipinski definition) is 0. The predicted octanol–water partition coefficient (Wildman–Crippen LogP) is 3.23. The zero-order valence-electron chi connectivity index (χ0n) is 7.77. The van der Waals surface area contributed by atoms with Crippen LogP contribution in [0.4, 0.5) is 0 Å². The number of nitrogens with one attached hydrogen (secondary N) is 1. The number of H-pyrrole nitrogens is 1. The van der Waals surface area contributed by atoms with Crippen LogP contribution in [0, 0.1) is 0 Å². The third-order valence-electron chi connectivity index (χ3n) is 2.93. The van der Waals surface area contributed by atoms with E-state index in [2.05, 4.69) is 24.2 Å². The van der Waals surface area contributed by atoms with Gasteiger partial charge in [-0.15, -0.1) is 0 Å². The molecule has 2 rings (SSSR count). The first-order valence-corrected chi connectivity index (χ1v) is 5.08. The largest absolute Gasteiger partial charge is 0.365 e. The molecule has 0 fully saturated rings. The van der Waals surface area contributed by atoms with Crippen molar-refractivity contribution in [3.8, 4) is 0 Å². The maximum Gasteiger partial charge on any atom is 0.0182 e. The summed E-state index contributed by atoms with van der Waals surface area (Å²) < 4.78 is 0. The Hall–Kier alpha value is -0.720. The minimum Gasteiger partial charge on any atom is -0.365 e. The minimum atomic E-state index is 0.852. The van der Waals surface area contributed by atoms with Crippen LogP contribution in [0.3, 0.4) is 0 Å². The second kappa shape index (κ2) is 3.34. The SMILES string of the molecule is CCCC1CCCc2[nH]ccc21. The Labute approximate surface area is 74.2 Å². The van der Waals surface area contributed by atoms with Crippen LogP contribution in [-0.4, -0.2) is 4.98 Å². The Bertz CT molecular complexity index is 249. The minimum absolute atomic E-state index is 0.852. The van der Waals surface area contributed by atoms with Gasteiger partial charge in [-0.3, -0.25) is 0 Å². The standard InChI is InChI=1S/C11H17N/c1-2-4-9-5-3-6-11-10(9)7-8-12-11/h7-9,12H,2-6H2,1H3. The van der Waals surface area contributed by atoms with Crippen LogP contribution in [0.1, 0.15) is 49.8 Å². The van der Waals surface area contributed by atoms with Crippen LogP contribution in [0.25, 0.3) is 0 Å².